The number of pyridine rings is 1. The molecule has 18 heavy (non-hydrogen) atoms. The van der Waals surface area contributed by atoms with Crippen LogP contribution in [0.15, 0.2) is 18.5 Å². The molecule has 2 rings (SSSR count). The van der Waals surface area contributed by atoms with E-state index in [4.69, 9.17) is 5.73 Å². The summed E-state index contributed by atoms with van der Waals surface area (Å²) in [5.41, 5.74) is 6.65. The lowest BCUT2D eigenvalue weighted by Gasteiger charge is -2.14. The van der Waals surface area contributed by atoms with E-state index in [9.17, 15) is 4.79 Å². The Balaban J connectivity index is 1.84. The maximum atomic E-state index is 11.9. The van der Waals surface area contributed by atoms with Gasteiger partial charge in [0.1, 0.15) is 0 Å². The molecule has 5 nitrogen and oxygen atoms in total. The summed E-state index contributed by atoms with van der Waals surface area (Å²) in [6.07, 6.45) is 4.24. The van der Waals surface area contributed by atoms with Gasteiger partial charge in [0.25, 0.3) is 5.91 Å². The molecular formula is C13H20N4O. The number of nitrogens with one attached hydrogen (secondary N) is 1. The first kappa shape index (κ1) is 12.8. The van der Waals surface area contributed by atoms with Gasteiger partial charge in [0.15, 0.2) is 0 Å². The molecule has 98 valence electrons. The van der Waals surface area contributed by atoms with E-state index < -0.39 is 0 Å². The van der Waals surface area contributed by atoms with Gasteiger partial charge in [0.05, 0.1) is 17.4 Å². The second-order valence-corrected chi connectivity index (χ2v) is 4.72. The van der Waals surface area contributed by atoms with Crippen LogP contribution in [0.25, 0.3) is 0 Å². The summed E-state index contributed by atoms with van der Waals surface area (Å²) in [5.74, 6) is 0.446. The minimum Gasteiger partial charge on any atom is -0.397 e. The van der Waals surface area contributed by atoms with E-state index in [0.29, 0.717) is 17.2 Å². The lowest BCUT2D eigenvalue weighted by atomic mass is 10.1. The van der Waals surface area contributed by atoms with Gasteiger partial charge in [0.2, 0.25) is 0 Å². The minimum atomic E-state index is -0.107. The molecule has 1 amide bonds. The first-order valence-electron chi connectivity index (χ1n) is 6.40. The smallest absolute Gasteiger partial charge is 0.253 e. The fraction of sp³-hybridized carbons (Fsp3) is 0.538. The Morgan fingerprint density at radius 2 is 2.50 bits per heavy atom. The summed E-state index contributed by atoms with van der Waals surface area (Å²) in [6.45, 7) is 6.18. The number of nitrogen functional groups attached to an aromatic ring is 1. The highest BCUT2D eigenvalue weighted by Crippen LogP contribution is 2.15. The number of aromatic nitrogens is 1. The summed E-state index contributed by atoms with van der Waals surface area (Å²) in [7, 11) is 0. The molecule has 1 fully saturated rings. The number of rotatable bonds is 4. The van der Waals surface area contributed by atoms with Gasteiger partial charge in [-0.15, -0.1) is 0 Å². The molecule has 2 heterocycles. The summed E-state index contributed by atoms with van der Waals surface area (Å²) in [5, 5.41) is 2.95. The second kappa shape index (κ2) is 5.82. The van der Waals surface area contributed by atoms with Crippen molar-refractivity contribution in [1.29, 1.82) is 0 Å². The quantitative estimate of drug-likeness (QED) is 0.824. The number of hydrogen-bond donors (Lipinski definition) is 2. The Kier molecular flexibility index (Phi) is 4.15. The third-order valence-corrected chi connectivity index (χ3v) is 3.47. The Labute approximate surface area is 107 Å². The zero-order valence-corrected chi connectivity index (χ0v) is 10.7. The number of amides is 1. The highest BCUT2D eigenvalue weighted by molar-refractivity contribution is 5.98. The average Bonchev–Trinajstić information content (AvgIpc) is 2.84. The maximum absolute atomic E-state index is 11.9. The topological polar surface area (TPSA) is 71.2 Å². The monoisotopic (exact) mass is 248 g/mol. The van der Waals surface area contributed by atoms with Gasteiger partial charge in [-0.25, -0.2) is 0 Å². The molecule has 0 saturated carbocycles. The van der Waals surface area contributed by atoms with Crippen LogP contribution in [-0.2, 0) is 0 Å². The van der Waals surface area contributed by atoms with Crippen LogP contribution in [0, 0.1) is 5.92 Å². The number of nitrogens with two attached hydrogens (primary N) is 1. The Hall–Kier alpha value is -1.62. The Morgan fingerprint density at radius 3 is 3.17 bits per heavy atom. The number of nitrogens with zero attached hydrogens (tertiary/aromatic N) is 2. The van der Waals surface area contributed by atoms with Crippen LogP contribution >= 0.6 is 0 Å². The maximum Gasteiger partial charge on any atom is 0.253 e. The number of anilines is 1. The number of carbonyl (C=O) groups excluding carboxylic acids is 1. The van der Waals surface area contributed by atoms with E-state index >= 15 is 0 Å². The largest absolute Gasteiger partial charge is 0.397 e. The van der Waals surface area contributed by atoms with Crippen molar-refractivity contribution >= 4 is 11.6 Å². The molecule has 0 aliphatic carbocycles. The van der Waals surface area contributed by atoms with Crippen LogP contribution in [0.3, 0.4) is 0 Å². The molecule has 1 aromatic heterocycles. The molecule has 1 saturated heterocycles. The van der Waals surface area contributed by atoms with Gasteiger partial charge < -0.3 is 16.0 Å². The molecule has 1 atom stereocenters. The number of hydrogen-bond acceptors (Lipinski definition) is 4. The van der Waals surface area contributed by atoms with Gasteiger partial charge in [-0.05, 0) is 31.5 Å². The average molecular weight is 248 g/mol. The molecule has 0 aromatic carbocycles. The van der Waals surface area contributed by atoms with Gasteiger partial charge in [-0.2, -0.15) is 0 Å². The SMILES string of the molecule is CCN1CCC(CNC(=O)c2ccncc2N)C1. The number of carbonyl (C=O) groups is 1. The van der Waals surface area contributed by atoms with E-state index in [0.717, 1.165) is 32.6 Å². The molecule has 1 aromatic rings. The molecule has 1 unspecified atom stereocenters. The first-order valence-corrected chi connectivity index (χ1v) is 6.40. The van der Waals surface area contributed by atoms with E-state index in [2.05, 4.69) is 22.1 Å². The van der Waals surface area contributed by atoms with Gasteiger partial charge in [-0.1, -0.05) is 6.92 Å². The van der Waals surface area contributed by atoms with Crippen LogP contribution in [0.2, 0.25) is 0 Å². The first-order chi connectivity index (χ1) is 8.70. The van der Waals surface area contributed by atoms with E-state index in [1.165, 1.54) is 6.20 Å². The van der Waals surface area contributed by atoms with Crippen molar-refractivity contribution < 1.29 is 4.79 Å². The van der Waals surface area contributed by atoms with E-state index in [1.807, 2.05) is 0 Å². The summed E-state index contributed by atoms with van der Waals surface area (Å²) in [6, 6.07) is 1.65. The van der Waals surface area contributed by atoms with Crippen molar-refractivity contribution in [3.8, 4) is 0 Å². The van der Waals surface area contributed by atoms with Crippen LogP contribution in [0.4, 0.5) is 5.69 Å². The highest BCUT2D eigenvalue weighted by Gasteiger charge is 2.21. The minimum absolute atomic E-state index is 0.107. The standard InChI is InChI=1S/C13H20N4O/c1-2-17-6-4-10(9-17)7-16-13(18)11-3-5-15-8-12(11)14/h3,5,8,10H,2,4,6-7,9,14H2,1H3,(H,16,18). The Morgan fingerprint density at radius 1 is 1.67 bits per heavy atom. The van der Waals surface area contributed by atoms with E-state index in [1.54, 1.807) is 12.3 Å². The molecule has 1 aliphatic rings. The zero-order valence-electron chi connectivity index (χ0n) is 10.7. The third kappa shape index (κ3) is 2.98. The zero-order chi connectivity index (χ0) is 13.0. The molecule has 0 bridgehead atoms. The van der Waals surface area contributed by atoms with Crippen molar-refractivity contribution in [2.75, 3.05) is 31.9 Å². The third-order valence-electron chi connectivity index (χ3n) is 3.47. The normalized spacial score (nSPS) is 19.9. The van der Waals surface area contributed by atoms with Crippen LogP contribution in [0.1, 0.15) is 23.7 Å². The van der Waals surface area contributed by atoms with Crippen molar-refractivity contribution in [3.05, 3.63) is 24.0 Å². The van der Waals surface area contributed by atoms with Gasteiger partial charge >= 0.3 is 0 Å². The fourth-order valence-corrected chi connectivity index (χ4v) is 2.31. The molecule has 0 spiro atoms. The van der Waals surface area contributed by atoms with Gasteiger partial charge in [-0.3, -0.25) is 9.78 Å². The molecule has 1 aliphatic heterocycles. The molecule has 5 heteroatoms. The van der Waals surface area contributed by atoms with Gasteiger partial charge in [0, 0.05) is 19.3 Å². The lowest BCUT2D eigenvalue weighted by Crippen LogP contribution is -2.31. The summed E-state index contributed by atoms with van der Waals surface area (Å²) in [4.78, 5) is 18.2. The molecule has 3 N–H and O–H groups in total. The highest BCUT2D eigenvalue weighted by atomic mass is 16.1. The van der Waals surface area contributed by atoms with E-state index in [-0.39, 0.29) is 5.91 Å². The summed E-state index contributed by atoms with van der Waals surface area (Å²) < 4.78 is 0. The summed E-state index contributed by atoms with van der Waals surface area (Å²) >= 11 is 0. The molecule has 0 radical (unpaired) electrons. The van der Waals surface area contributed by atoms with Crippen molar-refractivity contribution in [3.63, 3.8) is 0 Å². The Bertz CT molecular complexity index is 421. The van der Waals surface area contributed by atoms with Crippen molar-refractivity contribution in [2.45, 2.75) is 13.3 Å². The predicted octanol–water partition coefficient (Wildman–Crippen LogP) is 0.735. The van der Waals surface area contributed by atoms with Crippen LogP contribution < -0.4 is 11.1 Å². The lowest BCUT2D eigenvalue weighted by molar-refractivity contribution is 0.0948. The predicted molar refractivity (Wildman–Crippen MR) is 71.2 cm³/mol. The second-order valence-electron chi connectivity index (χ2n) is 4.72. The number of likely N-dealkylation sites (tertiary alicyclic amines) is 1. The van der Waals surface area contributed by atoms with Crippen molar-refractivity contribution in [1.82, 2.24) is 15.2 Å². The van der Waals surface area contributed by atoms with Crippen LogP contribution in [0.5, 0.6) is 0 Å². The van der Waals surface area contributed by atoms with Crippen molar-refractivity contribution in [2.24, 2.45) is 5.92 Å². The molecular weight excluding hydrogens is 228 g/mol. The van der Waals surface area contributed by atoms with Crippen LogP contribution in [-0.4, -0.2) is 42.0 Å². The fourth-order valence-electron chi connectivity index (χ4n) is 2.31.